The van der Waals surface area contributed by atoms with Gasteiger partial charge in [-0.3, -0.25) is 9.59 Å². The minimum absolute atomic E-state index is 0.0305. The SMILES string of the molecule is Cc1ccc(N2C[C@H](C(=O)Nc3ccc(S(N)(=O)=O)cc3)CC2=O)cc1. The fraction of sp³-hybridized carbons (Fsp3) is 0.222. The highest BCUT2D eigenvalue weighted by Crippen LogP contribution is 2.26. The maximum atomic E-state index is 12.4. The van der Waals surface area contributed by atoms with Crippen LogP contribution in [0.25, 0.3) is 0 Å². The third kappa shape index (κ3) is 3.92. The monoisotopic (exact) mass is 373 g/mol. The summed E-state index contributed by atoms with van der Waals surface area (Å²) < 4.78 is 22.5. The van der Waals surface area contributed by atoms with Crippen LogP contribution in [0.15, 0.2) is 53.4 Å². The van der Waals surface area contributed by atoms with E-state index in [1.807, 2.05) is 31.2 Å². The summed E-state index contributed by atoms with van der Waals surface area (Å²) in [5.74, 6) is -0.850. The summed E-state index contributed by atoms with van der Waals surface area (Å²) in [5, 5.41) is 7.76. The van der Waals surface area contributed by atoms with E-state index in [9.17, 15) is 18.0 Å². The van der Waals surface area contributed by atoms with Gasteiger partial charge in [0.25, 0.3) is 0 Å². The lowest BCUT2D eigenvalue weighted by Gasteiger charge is -2.17. The van der Waals surface area contributed by atoms with E-state index in [-0.39, 0.29) is 23.1 Å². The highest BCUT2D eigenvalue weighted by Gasteiger charge is 2.35. The number of nitrogens with zero attached hydrogens (tertiary/aromatic N) is 1. The van der Waals surface area contributed by atoms with Gasteiger partial charge in [0.1, 0.15) is 0 Å². The second-order valence-electron chi connectivity index (χ2n) is 6.30. The molecule has 1 aliphatic rings. The Morgan fingerprint density at radius 3 is 2.31 bits per heavy atom. The maximum absolute atomic E-state index is 12.4. The molecule has 0 spiro atoms. The number of hydrogen-bond donors (Lipinski definition) is 2. The summed E-state index contributed by atoms with van der Waals surface area (Å²) >= 11 is 0. The fourth-order valence-corrected chi connectivity index (χ4v) is 3.35. The summed E-state index contributed by atoms with van der Waals surface area (Å²) in [7, 11) is -3.78. The van der Waals surface area contributed by atoms with Crippen molar-refractivity contribution in [2.75, 3.05) is 16.8 Å². The number of rotatable bonds is 4. The van der Waals surface area contributed by atoms with Crippen LogP contribution in [0.3, 0.4) is 0 Å². The molecular weight excluding hydrogens is 354 g/mol. The van der Waals surface area contributed by atoms with Crippen molar-refractivity contribution in [3.05, 3.63) is 54.1 Å². The molecule has 8 heteroatoms. The quantitative estimate of drug-likeness (QED) is 0.849. The number of nitrogens with two attached hydrogens (primary N) is 1. The van der Waals surface area contributed by atoms with E-state index in [1.165, 1.54) is 24.3 Å². The fourth-order valence-electron chi connectivity index (χ4n) is 2.83. The van der Waals surface area contributed by atoms with E-state index in [0.717, 1.165) is 11.3 Å². The summed E-state index contributed by atoms with van der Waals surface area (Å²) in [6, 6.07) is 13.1. The third-order valence-corrected chi connectivity index (χ3v) is 5.22. The maximum Gasteiger partial charge on any atom is 0.238 e. The summed E-state index contributed by atoms with van der Waals surface area (Å²) in [6.45, 7) is 2.27. The number of hydrogen-bond acceptors (Lipinski definition) is 4. The van der Waals surface area contributed by atoms with Crippen LogP contribution in [0.5, 0.6) is 0 Å². The highest BCUT2D eigenvalue weighted by molar-refractivity contribution is 7.89. The lowest BCUT2D eigenvalue weighted by atomic mass is 10.1. The van der Waals surface area contributed by atoms with Crippen LogP contribution in [0.2, 0.25) is 0 Å². The van der Waals surface area contributed by atoms with Crippen molar-refractivity contribution in [1.82, 2.24) is 0 Å². The molecule has 26 heavy (non-hydrogen) atoms. The summed E-state index contributed by atoms with van der Waals surface area (Å²) in [5.41, 5.74) is 2.31. The summed E-state index contributed by atoms with van der Waals surface area (Å²) in [4.78, 5) is 26.3. The van der Waals surface area contributed by atoms with Gasteiger partial charge in [-0.25, -0.2) is 13.6 Å². The molecule has 0 aliphatic carbocycles. The van der Waals surface area contributed by atoms with Crippen molar-refractivity contribution >= 4 is 33.2 Å². The van der Waals surface area contributed by atoms with Crippen LogP contribution in [-0.2, 0) is 19.6 Å². The van der Waals surface area contributed by atoms with Crippen LogP contribution < -0.4 is 15.4 Å². The van der Waals surface area contributed by atoms with Crippen molar-refractivity contribution in [3.8, 4) is 0 Å². The number of aryl methyl sites for hydroxylation is 1. The van der Waals surface area contributed by atoms with Crippen LogP contribution >= 0.6 is 0 Å². The second kappa shape index (κ2) is 6.89. The minimum atomic E-state index is -3.78. The molecule has 0 unspecified atom stereocenters. The first kappa shape index (κ1) is 18.1. The molecule has 2 aromatic rings. The molecule has 2 aromatic carbocycles. The second-order valence-corrected chi connectivity index (χ2v) is 7.86. The molecule has 1 saturated heterocycles. The number of anilines is 2. The van der Waals surface area contributed by atoms with Crippen molar-refractivity contribution in [2.45, 2.75) is 18.2 Å². The van der Waals surface area contributed by atoms with Gasteiger partial charge in [-0.2, -0.15) is 0 Å². The van der Waals surface area contributed by atoms with E-state index in [1.54, 1.807) is 4.90 Å². The molecular formula is C18H19N3O4S. The molecule has 1 aliphatic heterocycles. The molecule has 1 heterocycles. The van der Waals surface area contributed by atoms with E-state index in [2.05, 4.69) is 5.32 Å². The van der Waals surface area contributed by atoms with Gasteiger partial charge in [0, 0.05) is 24.3 Å². The summed E-state index contributed by atoms with van der Waals surface area (Å²) in [6.07, 6.45) is 0.134. The topological polar surface area (TPSA) is 110 Å². The van der Waals surface area contributed by atoms with E-state index < -0.39 is 15.9 Å². The smallest absolute Gasteiger partial charge is 0.238 e. The Bertz CT molecular complexity index is 937. The van der Waals surface area contributed by atoms with Gasteiger partial charge in [0.15, 0.2) is 0 Å². The Balaban J connectivity index is 1.67. The highest BCUT2D eigenvalue weighted by atomic mass is 32.2. The Morgan fingerprint density at radius 2 is 1.73 bits per heavy atom. The van der Waals surface area contributed by atoms with Crippen molar-refractivity contribution in [1.29, 1.82) is 0 Å². The van der Waals surface area contributed by atoms with Gasteiger partial charge in [0.05, 0.1) is 10.8 Å². The molecule has 0 aromatic heterocycles. The van der Waals surface area contributed by atoms with Gasteiger partial charge in [-0.05, 0) is 43.3 Å². The van der Waals surface area contributed by atoms with Crippen molar-refractivity contribution < 1.29 is 18.0 Å². The van der Waals surface area contributed by atoms with E-state index >= 15 is 0 Å². The molecule has 3 rings (SSSR count). The molecule has 0 saturated carbocycles. The van der Waals surface area contributed by atoms with Gasteiger partial charge < -0.3 is 10.2 Å². The van der Waals surface area contributed by atoms with Gasteiger partial charge >= 0.3 is 0 Å². The predicted molar refractivity (Wildman–Crippen MR) is 98.1 cm³/mol. The average Bonchev–Trinajstić information content (AvgIpc) is 2.97. The number of sulfonamides is 1. The molecule has 3 N–H and O–H groups in total. The van der Waals surface area contributed by atoms with Crippen LogP contribution in [0.4, 0.5) is 11.4 Å². The van der Waals surface area contributed by atoms with Gasteiger partial charge in [-0.1, -0.05) is 17.7 Å². The number of carbonyl (C=O) groups is 2. The van der Waals surface area contributed by atoms with Gasteiger partial charge in [-0.15, -0.1) is 0 Å². The Hall–Kier alpha value is -2.71. The molecule has 7 nitrogen and oxygen atoms in total. The standard InChI is InChI=1S/C18H19N3O4S/c1-12-2-6-15(7-3-12)21-11-13(10-17(21)22)18(23)20-14-4-8-16(9-5-14)26(19,24)25/h2-9,13H,10-11H2,1H3,(H,20,23)(H2,19,24,25)/t13-/m1/s1. The molecule has 1 fully saturated rings. The lowest BCUT2D eigenvalue weighted by Crippen LogP contribution is -2.28. The van der Waals surface area contributed by atoms with Gasteiger partial charge in [0.2, 0.25) is 21.8 Å². The van der Waals surface area contributed by atoms with E-state index in [0.29, 0.717) is 12.2 Å². The number of carbonyl (C=O) groups excluding carboxylic acids is 2. The number of nitrogens with one attached hydrogen (secondary N) is 1. The zero-order valence-corrected chi connectivity index (χ0v) is 15.0. The minimum Gasteiger partial charge on any atom is -0.326 e. The normalized spacial score (nSPS) is 17.4. The third-order valence-electron chi connectivity index (χ3n) is 4.29. The molecule has 0 bridgehead atoms. The van der Waals surface area contributed by atoms with Crippen molar-refractivity contribution in [3.63, 3.8) is 0 Å². The van der Waals surface area contributed by atoms with E-state index in [4.69, 9.17) is 5.14 Å². The molecule has 2 amide bonds. The first-order valence-electron chi connectivity index (χ1n) is 8.05. The predicted octanol–water partition coefficient (Wildman–Crippen LogP) is 1.63. The lowest BCUT2D eigenvalue weighted by molar-refractivity contribution is -0.122. The first-order valence-corrected chi connectivity index (χ1v) is 9.59. The number of benzene rings is 2. The number of primary sulfonamides is 1. The number of amides is 2. The van der Waals surface area contributed by atoms with Crippen molar-refractivity contribution in [2.24, 2.45) is 11.1 Å². The average molecular weight is 373 g/mol. The Labute approximate surface area is 151 Å². The zero-order chi connectivity index (χ0) is 18.9. The largest absolute Gasteiger partial charge is 0.326 e. The van der Waals surface area contributed by atoms with Crippen LogP contribution in [0.1, 0.15) is 12.0 Å². The zero-order valence-electron chi connectivity index (χ0n) is 14.2. The first-order chi connectivity index (χ1) is 12.2. The molecule has 136 valence electrons. The van der Waals surface area contributed by atoms with Crippen LogP contribution in [-0.4, -0.2) is 26.8 Å². The Kier molecular flexibility index (Phi) is 4.80. The molecule has 0 radical (unpaired) electrons. The Morgan fingerprint density at radius 1 is 1.12 bits per heavy atom. The van der Waals surface area contributed by atoms with Crippen LogP contribution in [0, 0.1) is 12.8 Å². The molecule has 1 atom stereocenters.